The van der Waals surface area contributed by atoms with Crippen LogP contribution < -0.4 is 18.5 Å². The molecule has 33 heavy (non-hydrogen) atoms. The Kier molecular flexibility index (Phi) is 5.87. The van der Waals surface area contributed by atoms with Crippen LogP contribution in [0.4, 0.5) is 18.9 Å². The molecule has 10 heteroatoms. The number of methoxy groups -OCH3 is 2. The third-order valence-corrected chi connectivity index (χ3v) is 7.05. The van der Waals surface area contributed by atoms with Crippen LogP contribution in [0.25, 0.3) is 11.1 Å². The van der Waals surface area contributed by atoms with E-state index in [1.165, 1.54) is 14.2 Å². The van der Waals surface area contributed by atoms with Gasteiger partial charge in [0.15, 0.2) is 11.5 Å². The normalized spacial score (nSPS) is 13.8. The zero-order valence-electron chi connectivity index (χ0n) is 17.7. The molecular formula is C23H20F3NO5S. The summed E-state index contributed by atoms with van der Waals surface area (Å²) in [6.45, 7) is 0.0112. The van der Waals surface area contributed by atoms with E-state index in [4.69, 9.17) is 14.2 Å². The van der Waals surface area contributed by atoms with Gasteiger partial charge >= 0.3 is 6.18 Å². The van der Waals surface area contributed by atoms with Crippen molar-refractivity contribution in [3.05, 3.63) is 66.2 Å². The van der Waals surface area contributed by atoms with Crippen LogP contribution in [-0.4, -0.2) is 35.8 Å². The molecule has 1 aliphatic rings. The topological polar surface area (TPSA) is 65.1 Å². The first-order valence-electron chi connectivity index (χ1n) is 9.85. The molecule has 0 saturated heterocycles. The maximum atomic E-state index is 13.4. The van der Waals surface area contributed by atoms with E-state index in [1.807, 2.05) is 0 Å². The van der Waals surface area contributed by atoms with Gasteiger partial charge in [-0.1, -0.05) is 24.3 Å². The molecule has 6 nitrogen and oxygen atoms in total. The lowest BCUT2D eigenvalue weighted by Gasteiger charge is -2.31. The van der Waals surface area contributed by atoms with Crippen molar-refractivity contribution < 1.29 is 35.8 Å². The highest BCUT2D eigenvalue weighted by atomic mass is 32.2. The first-order chi connectivity index (χ1) is 15.7. The molecule has 3 aromatic carbocycles. The number of halogens is 3. The van der Waals surface area contributed by atoms with Gasteiger partial charge in [-0.15, -0.1) is 0 Å². The minimum atomic E-state index is -4.66. The van der Waals surface area contributed by atoms with E-state index in [1.54, 1.807) is 36.4 Å². The Labute approximate surface area is 189 Å². The van der Waals surface area contributed by atoms with Crippen LogP contribution in [0.2, 0.25) is 0 Å². The molecule has 0 N–H and O–H groups in total. The number of benzene rings is 3. The fourth-order valence-electron chi connectivity index (χ4n) is 3.69. The SMILES string of the molecule is COc1cccc(-c2ccc3c(c2)N(S(=O)(=O)c2cccc(C(F)(F)F)c2)CCO3)c1OC. The van der Waals surface area contributed by atoms with E-state index in [-0.39, 0.29) is 18.8 Å². The van der Waals surface area contributed by atoms with E-state index in [0.29, 0.717) is 34.4 Å². The largest absolute Gasteiger partial charge is 0.493 e. The smallest absolute Gasteiger partial charge is 0.416 e. The highest BCUT2D eigenvalue weighted by Gasteiger charge is 2.35. The number of nitrogens with zero attached hydrogens (tertiary/aromatic N) is 1. The van der Waals surface area contributed by atoms with Gasteiger partial charge in [-0.2, -0.15) is 13.2 Å². The molecule has 0 amide bonds. The molecule has 0 spiro atoms. The molecule has 4 rings (SSSR count). The van der Waals surface area contributed by atoms with Gasteiger partial charge < -0.3 is 14.2 Å². The number of fused-ring (bicyclic) bond motifs is 1. The van der Waals surface area contributed by atoms with E-state index in [2.05, 4.69) is 0 Å². The number of alkyl halides is 3. The second-order valence-corrected chi connectivity index (χ2v) is 9.04. The number of sulfonamides is 1. The van der Waals surface area contributed by atoms with Crippen molar-refractivity contribution in [2.24, 2.45) is 0 Å². The zero-order valence-corrected chi connectivity index (χ0v) is 18.5. The monoisotopic (exact) mass is 479 g/mol. The molecule has 0 bridgehead atoms. The minimum absolute atomic E-state index is 0.0513. The fraction of sp³-hybridized carbons (Fsp3) is 0.217. The maximum absolute atomic E-state index is 13.4. The number of hydrogen-bond acceptors (Lipinski definition) is 5. The third kappa shape index (κ3) is 4.18. The summed E-state index contributed by atoms with van der Waals surface area (Å²) in [5.74, 6) is 1.27. The highest BCUT2D eigenvalue weighted by molar-refractivity contribution is 7.92. The summed E-state index contributed by atoms with van der Waals surface area (Å²) in [6, 6.07) is 14.0. The summed E-state index contributed by atoms with van der Waals surface area (Å²) in [5, 5.41) is 0. The van der Waals surface area contributed by atoms with Gasteiger partial charge in [0.2, 0.25) is 0 Å². The van der Waals surface area contributed by atoms with Gasteiger partial charge in [0.25, 0.3) is 10.0 Å². The maximum Gasteiger partial charge on any atom is 0.416 e. The van der Waals surface area contributed by atoms with Gasteiger partial charge in [0.1, 0.15) is 12.4 Å². The number of rotatable bonds is 5. The standard InChI is InChI=1S/C23H20F3NO5S/c1-30-21-8-4-7-18(22(21)31-2)15-9-10-20-19(13-15)27(11-12-32-20)33(28,29)17-6-3-5-16(14-17)23(24,25)26/h3-10,13-14H,11-12H2,1-2H3. The van der Waals surface area contributed by atoms with Crippen molar-refractivity contribution in [2.75, 3.05) is 31.7 Å². The lowest BCUT2D eigenvalue weighted by atomic mass is 10.0. The third-order valence-electron chi connectivity index (χ3n) is 5.24. The average Bonchev–Trinajstić information content (AvgIpc) is 2.82. The van der Waals surface area contributed by atoms with E-state index >= 15 is 0 Å². The Bertz CT molecular complexity index is 1290. The summed E-state index contributed by atoms with van der Waals surface area (Å²) in [6.07, 6.45) is -4.66. The Balaban J connectivity index is 1.82. The first kappa shape index (κ1) is 22.8. The molecule has 0 radical (unpaired) electrons. The van der Waals surface area contributed by atoms with Crippen LogP contribution in [0.1, 0.15) is 5.56 Å². The Morgan fingerprint density at radius 1 is 0.970 bits per heavy atom. The molecule has 3 aromatic rings. The van der Waals surface area contributed by atoms with E-state index in [0.717, 1.165) is 22.5 Å². The Hall–Kier alpha value is -3.40. The van der Waals surface area contributed by atoms with Gasteiger partial charge in [-0.3, -0.25) is 4.31 Å². The lowest BCUT2D eigenvalue weighted by Crippen LogP contribution is -2.38. The molecule has 1 heterocycles. The van der Waals surface area contributed by atoms with Crippen LogP contribution in [0.15, 0.2) is 65.6 Å². The number of anilines is 1. The molecule has 0 aliphatic carbocycles. The van der Waals surface area contributed by atoms with Crippen LogP contribution in [0.5, 0.6) is 17.2 Å². The van der Waals surface area contributed by atoms with Crippen molar-refractivity contribution in [3.8, 4) is 28.4 Å². The molecular weight excluding hydrogens is 459 g/mol. The number of ether oxygens (including phenoxy) is 3. The Morgan fingerprint density at radius 3 is 2.42 bits per heavy atom. The highest BCUT2D eigenvalue weighted by Crippen LogP contribution is 2.43. The molecule has 0 saturated carbocycles. The summed E-state index contributed by atoms with van der Waals surface area (Å²) in [5.41, 5.74) is 0.467. The number of hydrogen-bond donors (Lipinski definition) is 0. The van der Waals surface area contributed by atoms with Gasteiger partial charge in [0, 0.05) is 5.56 Å². The quantitative estimate of drug-likeness (QED) is 0.517. The second kappa shape index (κ2) is 8.51. The summed E-state index contributed by atoms with van der Waals surface area (Å²) >= 11 is 0. The fourth-order valence-corrected chi connectivity index (χ4v) is 5.18. The van der Waals surface area contributed by atoms with E-state index < -0.39 is 26.7 Å². The minimum Gasteiger partial charge on any atom is -0.493 e. The first-order valence-corrected chi connectivity index (χ1v) is 11.3. The molecule has 0 unspecified atom stereocenters. The lowest BCUT2D eigenvalue weighted by molar-refractivity contribution is -0.137. The van der Waals surface area contributed by atoms with Crippen molar-refractivity contribution in [3.63, 3.8) is 0 Å². The van der Waals surface area contributed by atoms with Crippen LogP contribution in [-0.2, 0) is 16.2 Å². The van der Waals surface area contributed by atoms with Crippen LogP contribution >= 0.6 is 0 Å². The predicted molar refractivity (Wildman–Crippen MR) is 116 cm³/mol. The van der Waals surface area contributed by atoms with Gasteiger partial charge in [-0.25, -0.2) is 8.42 Å². The van der Waals surface area contributed by atoms with Gasteiger partial charge in [0.05, 0.1) is 36.9 Å². The summed E-state index contributed by atoms with van der Waals surface area (Å²) < 4.78 is 83.7. The van der Waals surface area contributed by atoms with Crippen molar-refractivity contribution in [2.45, 2.75) is 11.1 Å². The summed E-state index contributed by atoms with van der Waals surface area (Å²) in [7, 11) is -1.29. The predicted octanol–water partition coefficient (Wildman–Crippen LogP) is 4.98. The second-order valence-electron chi connectivity index (χ2n) is 7.17. The Morgan fingerprint density at radius 2 is 1.73 bits per heavy atom. The molecule has 0 fully saturated rings. The average molecular weight is 479 g/mol. The van der Waals surface area contributed by atoms with Gasteiger partial charge in [-0.05, 0) is 42.0 Å². The van der Waals surface area contributed by atoms with Crippen molar-refractivity contribution in [1.29, 1.82) is 0 Å². The van der Waals surface area contributed by atoms with E-state index in [9.17, 15) is 21.6 Å². The zero-order chi connectivity index (χ0) is 23.8. The molecule has 0 aromatic heterocycles. The van der Waals surface area contributed by atoms with Crippen LogP contribution in [0.3, 0.4) is 0 Å². The van der Waals surface area contributed by atoms with Crippen molar-refractivity contribution in [1.82, 2.24) is 0 Å². The van der Waals surface area contributed by atoms with Crippen LogP contribution in [0, 0.1) is 0 Å². The van der Waals surface area contributed by atoms with Crippen molar-refractivity contribution >= 4 is 15.7 Å². The molecule has 174 valence electrons. The summed E-state index contributed by atoms with van der Waals surface area (Å²) in [4.78, 5) is -0.450. The molecule has 0 atom stereocenters. The number of para-hydroxylation sites is 1. The molecule has 1 aliphatic heterocycles.